The van der Waals surface area contributed by atoms with Crippen molar-refractivity contribution in [2.24, 2.45) is 0 Å². The molecule has 0 atom stereocenters. The molecular formula is C15H13NO2S. The Labute approximate surface area is 115 Å². The maximum Gasteiger partial charge on any atom is 0.337 e. The quantitative estimate of drug-likeness (QED) is 0.896. The third kappa shape index (κ3) is 1.88. The molecule has 1 aliphatic heterocycles. The van der Waals surface area contributed by atoms with E-state index in [1.807, 2.05) is 31.2 Å². The number of rotatable bonds is 2. The van der Waals surface area contributed by atoms with Crippen LogP contribution < -0.4 is 4.90 Å². The number of carbonyl (C=O) groups is 1. The maximum absolute atomic E-state index is 11.4. The molecule has 19 heavy (non-hydrogen) atoms. The van der Waals surface area contributed by atoms with Crippen molar-refractivity contribution in [2.45, 2.75) is 16.7 Å². The molecule has 0 fully saturated rings. The summed E-state index contributed by atoms with van der Waals surface area (Å²) in [5.74, 6) is -0.879. The number of para-hydroxylation sites is 2. The lowest BCUT2D eigenvalue weighted by molar-refractivity contribution is 0.0697. The third-order valence-corrected chi connectivity index (χ3v) is 4.31. The normalized spacial score (nSPS) is 12.8. The lowest BCUT2D eigenvalue weighted by atomic mass is 10.1. The van der Waals surface area contributed by atoms with E-state index in [-0.39, 0.29) is 0 Å². The van der Waals surface area contributed by atoms with Crippen molar-refractivity contribution in [3.63, 3.8) is 0 Å². The fourth-order valence-corrected chi connectivity index (χ4v) is 3.52. The minimum Gasteiger partial charge on any atom is -0.478 e. The Morgan fingerprint density at radius 1 is 1.16 bits per heavy atom. The van der Waals surface area contributed by atoms with Crippen LogP contribution >= 0.6 is 11.8 Å². The van der Waals surface area contributed by atoms with Gasteiger partial charge in [0.15, 0.2) is 0 Å². The molecule has 0 bridgehead atoms. The molecule has 0 aliphatic carbocycles. The van der Waals surface area contributed by atoms with Crippen molar-refractivity contribution in [1.29, 1.82) is 0 Å². The smallest absolute Gasteiger partial charge is 0.337 e. The van der Waals surface area contributed by atoms with Crippen LogP contribution in [0.5, 0.6) is 0 Å². The number of hydrogen-bond donors (Lipinski definition) is 1. The van der Waals surface area contributed by atoms with Gasteiger partial charge in [-0.25, -0.2) is 4.79 Å². The highest BCUT2D eigenvalue weighted by molar-refractivity contribution is 7.99. The van der Waals surface area contributed by atoms with Crippen LogP contribution in [0.4, 0.5) is 11.4 Å². The predicted molar refractivity (Wildman–Crippen MR) is 76.6 cm³/mol. The first-order chi connectivity index (χ1) is 9.22. The van der Waals surface area contributed by atoms with E-state index < -0.39 is 5.97 Å². The minimum absolute atomic E-state index is 0.362. The molecule has 3 rings (SSSR count). The summed E-state index contributed by atoms with van der Waals surface area (Å²) in [6.07, 6.45) is 0. The second-order valence-corrected chi connectivity index (χ2v) is 5.36. The number of anilines is 2. The van der Waals surface area contributed by atoms with Gasteiger partial charge in [0.05, 0.1) is 16.9 Å². The molecule has 1 N–H and O–H groups in total. The van der Waals surface area contributed by atoms with Crippen molar-refractivity contribution >= 4 is 29.1 Å². The SMILES string of the molecule is CCN1c2ccccc2Sc2cccc(C(=O)O)c21. The van der Waals surface area contributed by atoms with Gasteiger partial charge in [-0.1, -0.05) is 30.0 Å². The summed E-state index contributed by atoms with van der Waals surface area (Å²) in [5, 5.41) is 9.37. The summed E-state index contributed by atoms with van der Waals surface area (Å²) in [4.78, 5) is 15.7. The van der Waals surface area contributed by atoms with E-state index in [2.05, 4.69) is 11.0 Å². The molecule has 2 aromatic rings. The third-order valence-electron chi connectivity index (χ3n) is 3.19. The molecule has 0 spiro atoms. The number of hydrogen-bond acceptors (Lipinski definition) is 3. The summed E-state index contributed by atoms with van der Waals surface area (Å²) >= 11 is 1.63. The zero-order chi connectivity index (χ0) is 13.4. The average Bonchev–Trinajstić information content (AvgIpc) is 2.43. The summed E-state index contributed by atoms with van der Waals surface area (Å²) in [6, 6.07) is 13.5. The van der Waals surface area contributed by atoms with Gasteiger partial charge in [-0.3, -0.25) is 0 Å². The Morgan fingerprint density at radius 2 is 1.89 bits per heavy atom. The number of fused-ring (bicyclic) bond motifs is 2. The first-order valence-electron chi connectivity index (χ1n) is 6.13. The van der Waals surface area contributed by atoms with Gasteiger partial charge in [0.2, 0.25) is 0 Å². The van der Waals surface area contributed by atoms with E-state index in [0.29, 0.717) is 5.56 Å². The van der Waals surface area contributed by atoms with E-state index in [0.717, 1.165) is 22.8 Å². The maximum atomic E-state index is 11.4. The molecule has 4 heteroatoms. The zero-order valence-corrected chi connectivity index (χ0v) is 11.3. The highest BCUT2D eigenvalue weighted by Gasteiger charge is 2.26. The highest BCUT2D eigenvalue weighted by Crippen LogP contribution is 2.49. The van der Waals surface area contributed by atoms with Gasteiger partial charge in [0.1, 0.15) is 0 Å². The van der Waals surface area contributed by atoms with E-state index in [1.54, 1.807) is 23.9 Å². The lowest BCUT2D eigenvalue weighted by Gasteiger charge is -2.32. The first kappa shape index (κ1) is 12.1. The molecule has 96 valence electrons. The monoisotopic (exact) mass is 271 g/mol. The van der Waals surface area contributed by atoms with E-state index in [4.69, 9.17) is 0 Å². The fourth-order valence-electron chi connectivity index (χ4n) is 2.39. The molecule has 1 aliphatic rings. The lowest BCUT2D eigenvalue weighted by Crippen LogP contribution is -2.22. The second-order valence-electron chi connectivity index (χ2n) is 4.27. The van der Waals surface area contributed by atoms with Crippen molar-refractivity contribution in [1.82, 2.24) is 0 Å². The Balaban J connectivity index is 2.24. The fraction of sp³-hybridized carbons (Fsp3) is 0.133. The topological polar surface area (TPSA) is 40.5 Å². The van der Waals surface area contributed by atoms with E-state index >= 15 is 0 Å². The van der Waals surface area contributed by atoms with Crippen molar-refractivity contribution in [2.75, 3.05) is 11.4 Å². The number of carboxylic acid groups (broad SMARTS) is 1. The summed E-state index contributed by atoms with van der Waals surface area (Å²) in [7, 11) is 0. The molecule has 0 aromatic heterocycles. The molecule has 2 aromatic carbocycles. The van der Waals surface area contributed by atoms with Crippen LogP contribution in [0.3, 0.4) is 0 Å². The van der Waals surface area contributed by atoms with Gasteiger partial charge in [-0.05, 0) is 31.2 Å². The predicted octanol–water partition coefficient (Wildman–Crippen LogP) is 4.01. The van der Waals surface area contributed by atoms with Gasteiger partial charge >= 0.3 is 5.97 Å². The van der Waals surface area contributed by atoms with E-state index in [9.17, 15) is 9.90 Å². The van der Waals surface area contributed by atoms with Crippen LogP contribution in [0, 0.1) is 0 Å². The zero-order valence-electron chi connectivity index (χ0n) is 10.5. The number of nitrogens with zero attached hydrogens (tertiary/aromatic N) is 1. The van der Waals surface area contributed by atoms with E-state index in [1.165, 1.54) is 4.90 Å². The van der Waals surface area contributed by atoms with Gasteiger partial charge in [0, 0.05) is 16.3 Å². The van der Waals surface area contributed by atoms with Crippen LogP contribution in [0.25, 0.3) is 0 Å². The molecule has 1 heterocycles. The van der Waals surface area contributed by atoms with Crippen LogP contribution in [0.1, 0.15) is 17.3 Å². The Kier molecular flexibility index (Phi) is 2.95. The van der Waals surface area contributed by atoms with Crippen LogP contribution in [-0.2, 0) is 0 Å². The molecule has 0 unspecified atom stereocenters. The first-order valence-corrected chi connectivity index (χ1v) is 6.94. The summed E-state index contributed by atoms with van der Waals surface area (Å²) in [5.41, 5.74) is 2.25. The van der Waals surface area contributed by atoms with Gasteiger partial charge in [-0.15, -0.1) is 0 Å². The largest absolute Gasteiger partial charge is 0.478 e. The van der Waals surface area contributed by atoms with Crippen molar-refractivity contribution < 1.29 is 9.90 Å². The molecular weight excluding hydrogens is 258 g/mol. The second kappa shape index (κ2) is 4.63. The standard InChI is InChI=1S/C15H13NO2S/c1-2-16-11-7-3-4-8-12(11)19-13-9-5-6-10(14(13)16)15(17)18/h3-9H,2H2,1H3,(H,17,18). The number of carboxylic acids is 1. The number of benzene rings is 2. The van der Waals surface area contributed by atoms with Gasteiger partial charge in [-0.2, -0.15) is 0 Å². The Bertz CT molecular complexity index is 654. The van der Waals surface area contributed by atoms with Gasteiger partial charge < -0.3 is 10.0 Å². The molecule has 0 amide bonds. The van der Waals surface area contributed by atoms with Gasteiger partial charge in [0.25, 0.3) is 0 Å². The minimum atomic E-state index is -0.879. The van der Waals surface area contributed by atoms with Crippen LogP contribution in [0.2, 0.25) is 0 Å². The summed E-state index contributed by atoms with van der Waals surface area (Å²) in [6.45, 7) is 2.78. The molecule has 3 nitrogen and oxygen atoms in total. The highest BCUT2D eigenvalue weighted by atomic mass is 32.2. The molecule has 0 saturated carbocycles. The number of aromatic carboxylic acids is 1. The molecule has 0 saturated heterocycles. The van der Waals surface area contributed by atoms with Crippen LogP contribution in [0.15, 0.2) is 52.3 Å². The summed E-state index contributed by atoms with van der Waals surface area (Å²) < 4.78 is 0. The Morgan fingerprint density at radius 3 is 2.63 bits per heavy atom. The van der Waals surface area contributed by atoms with Crippen LogP contribution in [-0.4, -0.2) is 17.6 Å². The molecule has 0 radical (unpaired) electrons. The average molecular weight is 271 g/mol. The van der Waals surface area contributed by atoms with Crippen molar-refractivity contribution in [3.05, 3.63) is 48.0 Å². The Hall–Kier alpha value is -1.94. The van der Waals surface area contributed by atoms with Crippen molar-refractivity contribution in [3.8, 4) is 0 Å².